The van der Waals surface area contributed by atoms with Crippen molar-refractivity contribution < 1.29 is 32.3 Å². The van der Waals surface area contributed by atoms with Gasteiger partial charge < -0.3 is 14.8 Å². The molecule has 1 saturated carbocycles. The first-order chi connectivity index (χ1) is 18.2. The minimum Gasteiger partial charge on any atom is -0.431 e. The van der Waals surface area contributed by atoms with Gasteiger partial charge in [0.2, 0.25) is 5.88 Å². The molecular weight excluding hydrogens is 510 g/mol. The Kier molecular flexibility index (Phi) is 10.6. The predicted molar refractivity (Wildman–Crippen MR) is 140 cm³/mol. The molecule has 2 aromatic rings. The van der Waals surface area contributed by atoms with Gasteiger partial charge in [-0.1, -0.05) is 46.0 Å². The number of rotatable bonds is 11. The molecule has 1 aromatic carbocycles. The number of ether oxygens (including phenoxy) is 2. The van der Waals surface area contributed by atoms with Crippen LogP contribution in [0.15, 0.2) is 47.5 Å². The number of nitrogens with one attached hydrogen (secondary N) is 2. The summed E-state index contributed by atoms with van der Waals surface area (Å²) in [6.45, 7) is 3.99. The number of benzene rings is 1. The number of carbonyl (C=O) groups excluding carboxylic acids is 3. The quantitative estimate of drug-likeness (QED) is 0.386. The molecule has 0 unspecified atom stereocenters. The highest BCUT2D eigenvalue weighted by Gasteiger charge is 2.21. The maximum absolute atomic E-state index is 12.7. The van der Waals surface area contributed by atoms with E-state index in [0.29, 0.717) is 5.56 Å². The van der Waals surface area contributed by atoms with Gasteiger partial charge in [0.05, 0.1) is 10.5 Å². The number of hydrogen-bond donors (Lipinski definition) is 2. The first kappa shape index (κ1) is 29.1. The van der Waals surface area contributed by atoms with E-state index in [9.17, 15) is 22.8 Å². The maximum atomic E-state index is 12.7. The van der Waals surface area contributed by atoms with Crippen molar-refractivity contribution in [2.75, 3.05) is 0 Å². The normalized spacial score (nSPS) is 14.1. The Balaban J connectivity index is 1.56. The molecule has 11 heteroatoms. The van der Waals surface area contributed by atoms with Crippen molar-refractivity contribution in [2.45, 2.75) is 88.7 Å². The number of sulfonamides is 1. The van der Waals surface area contributed by atoms with Crippen molar-refractivity contribution in [3.05, 3.63) is 53.7 Å². The number of nitrogens with zero attached hydrogens (tertiary/aromatic N) is 1. The van der Waals surface area contributed by atoms with Crippen LogP contribution in [-0.4, -0.2) is 43.5 Å². The van der Waals surface area contributed by atoms with Crippen molar-refractivity contribution in [1.29, 1.82) is 0 Å². The number of amides is 2. The molecule has 1 heterocycles. The first-order valence-electron chi connectivity index (χ1n) is 13.0. The summed E-state index contributed by atoms with van der Waals surface area (Å²) in [4.78, 5) is 40.8. The molecule has 1 aliphatic rings. The molecule has 0 spiro atoms. The van der Waals surface area contributed by atoms with E-state index in [1.54, 1.807) is 0 Å². The summed E-state index contributed by atoms with van der Waals surface area (Å²) in [5.41, 5.74) is 0.294. The molecular formula is C27H35N3O7S. The Morgan fingerprint density at radius 1 is 0.921 bits per heavy atom. The summed E-state index contributed by atoms with van der Waals surface area (Å²) in [6, 6.07) is 8.07. The zero-order valence-electron chi connectivity index (χ0n) is 21.8. The molecule has 0 aliphatic heterocycles. The van der Waals surface area contributed by atoms with Gasteiger partial charge >= 0.3 is 6.16 Å². The van der Waals surface area contributed by atoms with E-state index in [-0.39, 0.29) is 34.4 Å². The molecule has 10 nitrogen and oxygen atoms in total. The average Bonchev–Trinajstić information content (AvgIpc) is 2.90. The topological polar surface area (TPSA) is 141 Å². The van der Waals surface area contributed by atoms with Crippen LogP contribution in [0.1, 0.15) is 92.4 Å². The Bertz CT molecular complexity index is 1190. The van der Waals surface area contributed by atoms with E-state index >= 15 is 0 Å². The van der Waals surface area contributed by atoms with Crippen LogP contribution in [0.4, 0.5) is 4.79 Å². The van der Waals surface area contributed by atoms with Crippen molar-refractivity contribution in [1.82, 2.24) is 15.0 Å². The summed E-state index contributed by atoms with van der Waals surface area (Å²) in [7, 11) is -4.20. The second-order valence-electron chi connectivity index (χ2n) is 9.32. The molecule has 0 saturated heterocycles. The predicted octanol–water partition coefficient (Wildman–Crippen LogP) is 4.75. The number of aromatic nitrogens is 1. The molecule has 206 valence electrons. The van der Waals surface area contributed by atoms with Crippen LogP contribution in [-0.2, 0) is 14.8 Å². The maximum Gasteiger partial charge on any atom is 0.515 e. The van der Waals surface area contributed by atoms with E-state index < -0.39 is 22.1 Å². The lowest BCUT2D eigenvalue weighted by Crippen LogP contribution is -2.36. The van der Waals surface area contributed by atoms with E-state index in [4.69, 9.17) is 9.47 Å². The number of pyridine rings is 1. The molecule has 1 aliphatic carbocycles. The molecule has 3 rings (SSSR count). The second kappa shape index (κ2) is 13.9. The zero-order valence-corrected chi connectivity index (χ0v) is 22.6. The highest BCUT2D eigenvalue weighted by molar-refractivity contribution is 7.90. The molecule has 2 amide bonds. The van der Waals surface area contributed by atoms with Crippen LogP contribution in [0.25, 0.3) is 0 Å². The van der Waals surface area contributed by atoms with Crippen molar-refractivity contribution in [3.63, 3.8) is 0 Å². The van der Waals surface area contributed by atoms with Crippen LogP contribution >= 0.6 is 0 Å². The summed E-state index contributed by atoms with van der Waals surface area (Å²) in [6.07, 6.45) is 8.35. The molecule has 38 heavy (non-hydrogen) atoms. The third kappa shape index (κ3) is 8.54. The molecule has 0 radical (unpaired) electrons. The summed E-state index contributed by atoms with van der Waals surface area (Å²) >= 11 is 0. The van der Waals surface area contributed by atoms with Crippen LogP contribution in [0.2, 0.25) is 0 Å². The van der Waals surface area contributed by atoms with Gasteiger partial charge in [0.25, 0.3) is 21.8 Å². The minimum absolute atomic E-state index is 0.0485. The smallest absolute Gasteiger partial charge is 0.431 e. The van der Waals surface area contributed by atoms with Gasteiger partial charge in [0, 0.05) is 23.9 Å². The lowest BCUT2D eigenvalue weighted by atomic mass is 9.95. The highest BCUT2D eigenvalue weighted by Crippen LogP contribution is 2.19. The average molecular weight is 546 g/mol. The van der Waals surface area contributed by atoms with Gasteiger partial charge in [-0.2, -0.15) is 0 Å². The fraction of sp³-hybridized carbons (Fsp3) is 0.481. The third-order valence-electron chi connectivity index (χ3n) is 6.26. The standard InChI is InChI=1S/C27H35N3O7S/c1-3-8-22(9-4-2)36-27(33)37-24-17-14-20(18-28-24)26(32)30-38(34,35)23-15-12-19(13-16-23)25(31)29-21-10-6-5-7-11-21/h12-18,21-22H,3-11H2,1-2H3,(H,29,31)(H,30,32). The van der Waals surface area contributed by atoms with Crippen molar-refractivity contribution in [2.24, 2.45) is 0 Å². The first-order valence-corrected chi connectivity index (χ1v) is 14.5. The van der Waals surface area contributed by atoms with Crippen LogP contribution in [0, 0.1) is 0 Å². The Hall–Kier alpha value is -3.47. The van der Waals surface area contributed by atoms with Gasteiger partial charge in [-0.25, -0.2) is 22.9 Å². The fourth-order valence-electron chi connectivity index (χ4n) is 4.27. The third-order valence-corrected chi connectivity index (χ3v) is 7.61. The zero-order chi connectivity index (χ0) is 27.5. The number of hydrogen-bond acceptors (Lipinski definition) is 8. The summed E-state index contributed by atoms with van der Waals surface area (Å²) in [5.74, 6) is -1.24. The largest absolute Gasteiger partial charge is 0.515 e. The van der Waals surface area contributed by atoms with Gasteiger partial charge in [-0.3, -0.25) is 9.59 Å². The van der Waals surface area contributed by atoms with E-state index in [1.807, 2.05) is 18.6 Å². The minimum atomic E-state index is -4.20. The van der Waals surface area contributed by atoms with Crippen molar-refractivity contribution in [3.8, 4) is 5.88 Å². The van der Waals surface area contributed by atoms with E-state index in [1.165, 1.54) is 42.8 Å². The molecule has 1 fully saturated rings. The van der Waals surface area contributed by atoms with Gasteiger partial charge in [0.15, 0.2) is 0 Å². The van der Waals surface area contributed by atoms with Crippen LogP contribution < -0.4 is 14.8 Å². The van der Waals surface area contributed by atoms with Crippen LogP contribution in [0.5, 0.6) is 5.88 Å². The Morgan fingerprint density at radius 3 is 2.13 bits per heavy atom. The Morgan fingerprint density at radius 2 is 1.55 bits per heavy atom. The fourth-order valence-corrected chi connectivity index (χ4v) is 5.24. The molecule has 0 atom stereocenters. The summed E-state index contributed by atoms with van der Waals surface area (Å²) < 4.78 is 37.7. The second-order valence-corrected chi connectivity index (χ2v) is 11.0. The lowest BCUT2D eigenvalue weighted by Gasteiger charge is -2.22. The van der Waals surface area contributed by atoms with Gasteiger partial charge in [-0.15, -0.1) is 0 Å². The molecule has 2 N–H and O–H groups in total. The van der Waals surface area contributed by atoms with Gasteiger partial charge in [0.1, 0.15) is 6.10 Å². The Labute approximate surface area is 223 Å². The van der Waals surface area contributed by atoms with Gasteiger partial charge in [-0.05, 0) is 56.0 Å². The van der Waals surface area contributed by atoms with Crippen molar-refractivity contribution >= 4 is 28.0 Å². The summed E-state index contributed by atoms with van der Waals surface area (Å²) in [5, 5.41) is 2.98. The molecule has 1 aromatic heterocycles. The monoisotopic (exact) mass is 545 g/mol. The lowest BCUT2D eigenvalue weighted by molar-refractivity contribution is 0.0490. The highest BCUT2D eigenvalue weighted by atomic mass is 32.2. The SMILES string of the molecule is CCCC(CCC)OC(=O)Oc1ccc(C(=O)NS(=O)(=O)c2ccc(C(=O)NC3CCCCC3)cc2)cn1. The number of carbonyl (C=O) groups is 3. The van der Waals surface area contributed by atoms with Crippen LogP contribution in [0.3, 0.4) is 0 Å². The molecule has 0 bridgehead atoms. The van der Waals surface area contributed by atoms with E-state index in [2.05, 4.69) is 10.3 Å². The van der Waals surface area contributed by atoms with E-state index in [0.717, 1.165) is 57.6 Å².